The highest BCUT2D eigenvalue weighted by molar-refractivity contribution is 7.89. The van der Waals surface area contributed by atoms with Crippen molar-refractivity contribution < 1.29 is 13.2 Å². The first-order chi connectivity index (χ1) is 9.59. The highest BCUT2D eigenvalue weighted by atomic mass is 32.2. The Morgan fingerprint density at radius 2 is 2.35 bits per heavy atom. The van der Waals surface area contributed by atoms with Crippen LogP contribution in [0.3, 0.4) is 0 Å². The van der Waals surface area contributed by atoms with Gasteiger partial charge >= 0.3 is 0 Å². The lowest BCUT2D eigenvalue weighted by Crippen LogP contribution is -2.47. The Labute approximate surface area is 118 Å². The average Bonchev–Trinajstić information content (AvgIpc) is 3.12. The number of aromatic nitrogens is 2. The summed E-state index contributed by atoms with van der Waals surface area (Å²) in [4.78, 5) is 0. The van der Waals surface area contributed by atoms with Crippen molar-refractivity contribution in [2.24, 2.45) is 0 Å². The van der Waals surface area contributed by atoms with Gasteiger partial charge in [0.2, 0.25) is 0 Å². The second-order valence-electron chi connectivity index (χ2n) is 5.42. The Hall–Kier alpha value is -0.960. The number of hydrogen-bond acceptors (Lipinski definition) is 5. The van der Waals surface area contributed by atoms with Gasteiger partial charge < -0.3 is 10.1 Å². The van der Waals surface area contributed by atoms with Crippen LogP contribution in [0.1, 0.15) is 25.3 Å². The normalized spacial score (nSPS) is 24.9. The molecule has 0 radical (unpaired) electrons. The number of sulfonamides is 1. The molecule has 2 N–H and O–H groups in total. The summed E-state index contributed by atoms with van der Waals surface area (Å²) in [6.45, 7) is 3.65. The number of nitrogens with one attached hydrogen (secondary N) is 2. The van der Waals surface area contributed by atoms with Gasteiger partial charge in [0.05, 0.1) is 19.4 Å². The fraction of sp³-hybridized carbons (Fsp3) is 0.750. The maximum atomic E-state index is 12.7. The molecule has 8 heteroatoms. The van der Waals surface area contributed by atoms with Crippen molar-refractivity contribution in [2.45, 2.75) is 43.4 Å². The fourth-order valence-electron chi connectivity index (χ4n) is 2.38. The van der Waals surface area contributed by atoms with E-state index in [1.807, 2.05) is 6.92 Å². The SMILES string of the molecule is CC1COCCN1S(=O)(=O)c1[nH]ncc1CNC1CC1. The minimum atomic E-state index is -3.53. The number of nitrogens with zero attached hydrogens (tertiary/aromatic N) is 2. The summed E-state index contributed by atoms with van der Waals surface area (Å²) in [7, 11) is -3.53. The fourth-order valence-corrected chi connectivity index (χ4v) is 4.08. The topological polar surface area (TPSA) is 87.3 Å². The smallest absolute Gasteiger partial charge is 0.260 e. The van der Waals surface area contributed by atoms with Crippen molar-refractivity contribution in [1.29, 1.82) is 0 Å². The van der Waals surface area contributed by atoms with Crippen LogP contribution < -0.4 is 5.32 Å². The molecular weight excluding hydrogens is 280 g/mol. The molecule has 1 unspecified atom stereocenters. The third-order valence-corrected chi connectivity index (χ3v) is 5.74. The molecule has 2 fully saturated rings. The summed E-state index contributed by atoms with van der Waals surface area (Å²) in [5.41, 5.74) is 0.704. The third-order valence-electron chi connectivity index (χ3n) is 3.71. The van der Waals surface area contributed by atoms with E-state index in [9.17, 15) is 8.42 Å². The van der Waals surface area contributed by atoms with Gasteiger partial charge in [0.25, 0.3) is 10.0 Å². The molecule has 1 atom stereocenters. The number of rotatable bonds is 5. The van der Waals surface area contributed by atoms with Crippen LogP contribution in [0, 0.1) is 0 Å². The van der Waals surface area contributed by atoms with Crippen LogP contribution in [0.4, 0.5) is 0 Å². The molecule has 0 spiro atoms. The van der Waals surface area contributed by atoms with Crippen LogP contribution in [0.25, 0.3) is 0 Å². The molecule has 1 saturated heterocycles. The highest BCUT2D eigenvalue weighted by Crippen LogP contribution is 2.23. The first-order valence-electron chi connectivity index (χ1n) is 6.94. The second-order valence-corrected chi connectivity index (χ2v) is 7.25. The zero-order valence-corrected chi connectivity index (χ0v) is 12.3. The molecule has 2 aliphatic rings. The Balaban J connectivity index is 1.80. The van der Waals surface area contributed by atoms with E-state index in [4.69, 9.17) is 4.74 Å². The van der Waals surface area contributed by atoms with Gasteiger partial charge in [0.15, 0.2) is 5.03 Å². The Morgan fingerprint density at radius 1 is 1.55 bits per heavy atom. The predicted octanol–water partition coefficient (Wildman–Crippen LogP) is 0.0711. The molecule has 1 aliphatic heterocycles. The summed E-state index contributed by atoms with van der Waals surface area (Å²) >= 11 is 0. The van der Waals surface area contributed by atoms with Crippen LogP contribution >= 0.6 is 0 Å². The van der Waals surface area contributed by atoms with Crippen molar-refractivity contribution in [3.63, 3.8) is 0 Å². The maximum Gasteiger partial charge on any atom is 0.260 e. The third kappa shape index (κ3) is 2.73. The molecule has 1 aromatic heterocycles. The summed E-state index contributed by atoms with van der Waals surface area (Å²) in [5.74, 6) is 0. The van der Waals surface area contributed by atoms with Gasteiger partial charge in [-0.05, 0) is 19.8 Å². The molecular formula is C12H20N4O3S. The number of morpholine rings is 1. The zero-order chi connectivity index (χ0) is 14.2. The maximum absolute atomic E-state index is 12.7. The van der Waals surface area contributed by atoms with Gasteiger partial charge in [-0.25, -0.2) is 8.42 Å². The van der Waals surface area contributed by atoms with Gasteiger partial charge in [-0.15, -0.1) is 0 Å². The molecule has 7 nitrogen and oxygen atoms in total. The minimum Gasteiger partial charge on any atom is -0.378 e. The van der Waals surface area contributed by atoms with Crippen LogP contribution in [-0.4, -0.2) is 54.8 Å². The average molecular weight is 300 g/mol. The van der Waals surface area contributed by atoms with E-state index in [1.54, 1.807) is 6.20 Å². The quantitative estimate of drug-likeness (QED) is 0.803. The number of H-pyrrole nitrogens is 1. The largest absolute Gasteiger partial charge is 0.378 e. The molecule has 2 heterocycles. The Kier molecular flexibility index (Phi) is 3.80. The second kappa shape index (κ2) is 5.44. The lowest BCUT2D eigenvalue weighted by atomic mass is 10.3. The van der Waals surface area contributed by atoms with E-state index in [-0.39, 0.29) is 11.1 Å². The van der Waals surface area contributed by atoms with Crippen molar-refractivity contribution in [1.82, 2.24) is 19.8 Å². The predicted molar refractivity (Wildman–Crippen MR) is 72.6 cm³/mol. The van der Waals surface area contributed by atoms with E-state index < -0.39 is 10.0 Å². The van der Waals surface area contributed by atoms with Gasteiger partial charge in [0.1, 0.15) is 0 Å². The summed E-state index contributed by atoms with van der Waals surface area (Å²) < 4.78 is 32.2. The van der Waals surface area contributed by atoms with Crippen molar-refractivity contribution in [3.05, 3.63) is 11.8 Å². The zero-order valence-electron chi connectivity index (χ0n) is 11.5. The van der Waals surface area contributed by atoms with E-state index in [1.165, 1.54) is 17.1 Å². The monoisotopic (exact) mass is 300 g/mol. The van der Waals surface area contributed by atoms with Gasteiger partial charge in [-0.3, -0.25) is 5.10 Å². The van der Waals surface area contributed by atoms with E-state index in [0.717, 1.165) is 0 Å². The van der Waals surface area contributed by atoms with Gasteiger partial charge in [0, 0.05) is 30.7 Å². The number of aromatic amines is 1. The van der Waals surface area contributed by atoms with E-state index in [0.29, 0.717) is 37.9 Å². The molecule has 0 bridgehead atoms. The van der Waals surface area contributed by atoms with Crippen LogP contribution in [-0.2, 0) is 21.3 Å². The summed E-state index contributed by atoms with van der Waals surface area (Å²) in [6, 6.07) is 0.379. The van der Waals surface area contributed by atoms with Crippen LogP contribution in [0.2, 0.25) is 0 Å². The first-order valence-corrected chi connectivity index (χ1v) is 8.38. The first kappa shape index (κ1) is 14.0. The number of ether oxygens (including phenoxy) is 1. The molecule has 1 aromatic rings. The summed E-state index contributed by atoms with van der Waals surface area (Å²) in [5, 5.41) is 10.1. The molecule has 112 valence electrons. The molecule has 1 saturated carbocycles. The summed E-state index contributed by atoms with van der Waals surface area (Å²) in [6.07, 6.45) is 3.92. The van der Waals surface area contributed by atoms with Gasteiger partial charge in [-0.2, -0.15) is 9.40 Å². The molecule has 0 amide bonds. The number of hydrogen-bond donors (Lipinski definition) is 2. The molecule has 1 aliphatic carbocycles. The molecule has 0 aromatic carbocycles. The van der Waals surface area contributed by atoms with Crippen molar-refractivity contribution in [2.75, 3.05) is 19.8 Å². The Morgan fingerprint density at radius 3 is 3.05 bits per heavy atom. The van der Waals surface area contributed by atoms with Crippen molar-refractivity contribution >= 4 is 10.0 Å². The highest BCUT2D eigenvalue weighted by Gasteiger charge is 2.34. The van der Waals surface area contributed by atoms with E-state index >= 15 is 0 Å². The van der Waals surface area contributed by atoms with Gasteiger partial charge in [-0.1, -0.05) is 0 Å². The van der Waals surface area contributed by atoms with Crippen LogP contribution in [0.5, 0.6) is 0 Å². The van der Waals surface area contributed by atoms with E-state index in [2.05, 4.69) is 15.5 Å². The molecule has 20 heavy (non-hydrogen) atoms. The lowest BCUT2D eigenvalue weighted by Gasteiger charge is -2.31. The van der Waals surface area contributed by atoms with Crippen molar-refractivity contribution in [3.8, 4) is 0 Å². The Bertz CT molecular complexity index is 567. The molecule has 3 rings (SSSR count). The standard InChI is InChI=1S/C12H20N4O3S/c1-9-8-19-5-4-16(9)20(17,18)12-10(7-14-15-12)6-13-11-2-3-11/h7,9,11,13H,2-6,8H2,1H3,(H,14,15). The minimum absolute atomic E-state index is 0.152. The van der Waals surface area contributed by atoms with Crippen LogP contribution in [0.15, 0.2) is 11.2 Å². The lowest BCUT2D eigenvalue weighted by molar-refractivity contribution is 0.0391.